The molecule has 3 saturated heterocycles. The molecule has 0 bridgehead atoms. The summed E-state index contributed by atoms with van der Waals surface area (Å²) in [5, 5.41) is 0. The highest BCUT2D eigenvalue weighted by Gasteiger charge is 2.53. The molecular weight excluding hydrogens is 528 g/mol. The van der Waals surface area contributed by atoms with Crippen molar-refractivity contribution in [3.05, 3.63) is 35.9 Å². The summed E-state index contributed by atoms with van der Waals surface area (Å²) >= 11 is 0. The molecule has 1 aromatic carbocycles. The van der Waals surface area contributed by atoms with Crippen LogP contribution in [0.2, 0.25) is 0 Å². The zero-order valence-corrected chi connectivity index (χ0v) is 25.6. The molecule has 3 aliphatic heterocycles. The second kappa shape index (κ2) is 17.2. The molecule has 9 heteroatoms. The van der Waals surface area contributed by atoms with E-state index in [1.165, 1.54) is 0 Å². The van der Waals surface area contributed by atoms with Gasteiger partial charge in [0.15, 0.2) is 18.9 Å². The van der Waals surface area contributed by atoms with E-state index in [1.807, 2.05) is 37.3 Å². The van der Waals surface area contributed by atoms with Gasteiger partial charge in [-0.1, -0.05) is 70.4 Å². The summed E-state index contributed by atoms with van der Waals surface area (Å²) in [4.78, 5) is 0. The van der Waals surface area contributed by atoms with Crippen LogP contribution >= 0.6 is 0 Å². The first kappa shape index (κ1) is 32.8. The minimum Gasteiger partial charge on any atom is -0.375 e. The van der Waals surface area contributed by atoms with Gasteiger partial charge in [0.05, 0.1) is 18.8 Å². The van der Waals surface area contributed by atoms with E-state index in [0.717, 1.165) is 44.1 Å². The van der Waals surface area contributed by atoms with E-state index in [2.05, 4.69) is 20.8 Å². The van der Waals surface area contributed by atoms with Gasteiger partial charge in [-0.25, -0.2) is 0 Å². The van der Waals surface area contributed by atoms with Crippen LogP contribution < -0.4 is 0 Å². The summed E-state index contributed by atoms with van der Waals surface area (Å²) in [6, 6.07) is 9.94. The molecule has 234 valence electrons. The Bertz CT molecular complexity index is 842. The van der Waals surface area contributed by atoms with Crippen LogP contribution in [0.15, 0.2) is 30.3 Å². The Morgan fingerprint density at radius 2 is 1.44 bits per heavy atom. The lowest BCUT2D eigenvalue weighted by Gasteiger charge is -2.50. The Balaban J connectivity index is 1.54. The second-order valence-corrected chi connectivity index (χ2v) is 11.2. The van der Waals surface area contributed by atoms with E-state index in [4.69, 9.17) is 42.6 Å². The zero-order chi connectivity index (χ0) is 29.0. The number of benzene rings is 1. The van der Waals surface area contributed by atoms with Crippen LogP contribution in [-0.4, -0.2) is 88.8 Å². The molecule has 3 heterocycles. The molecule has 4 rings (SSSR count). The molecule has 3 aliphatic rings. The third-order valence-electron chi connectivity index (χ3n) is 7.96. The minimum atomic E-state index is -0.624. The Morgan fingerprint density at radius 3 is 2.10 bits per heavy atom. The van der Waals surface area contributed by atoms with E-state index in [1.54, 1.807) is 7.11 Å². The maximum Gasteiger partial charge on any atom is 0.186 e. The largest absolute Gasteiger partial charge is 0.375 e. The summed E-state index contributed by atoms with van der Waals surface area (Å²) in [5.74, 6) is 0. The van der Waals surface area contributed by atoms with Gasteiger partial charge in [0.25, 0.3) is 0 Å². The summed E-state index contributed by atoms with van der Waals surface area (Å²) < 4.78 is 57.0. The molecule has 0 aromatic heterocycles. The quantitative estimate of drug-likeness (QED) is 0.234. The predicted octanol–water partition coefficient (Wildman–Crippen LogP) is 5.55. The highest BCUT2D eigenvalue weighted by Crippen LogP contribution is 2.38. The van der Waals surface area contributed by atoms with Crippen molar-refractivity contribution >= 4 is 0 Å². The monoisotopic (exact) mass is 580 g/mol. The fourth-order valence-corrected chi connectivity index (χ4v) is 5.62. The van der Waals surface area contributed by atoms with Gasteiger partial charge in [-0.3, -0.25) is 0 Å². The van der Waals surface area contributed by atoms with Crippen LogP contribution in [-0.2, 0) is 42.6 Å². The Hall–Kier alpha value is -1.14. The van der Waals surface area contributed by atoms with Crippen molar-refractivity contribution in [3.8, 4) is 0 Å². The van der Waals surface area contributed by atoms with Crippen LogP contribution in [0.25, 0.3) is 0 Å². The van der Waals surface area contributed by atoms with Crippen LogP contribution in [0.3, 0.4) is 0 Å². The first-order valence-electron chi connectivity index (χ1n) is 15.7. The molecule has 3 fully saturated rings. The summed E-state index contributed by atoms with van der Waals surface area (Å²) in [6.07, 6.45) is 2.67. The van der Waals surface area contributed by atoms with Gasteiger partial charge in [0.1, 0.15) is 30.5 Å². The lowest BCUT2D eigenvalue weighted by atomic mass is 9.96. The number of hydrogen-bond donors (Lipinski definition) is 0. The van der Waals surface area contributed by atoms with Gasteiger partial charge >= 0.3 is 0 Å². The molecule has 10 atom stereocenters. The van der Waals surface area contributed by atoms with E-state index in [0.29, 0.717) is 32.8 Å². The lowest BCUT2D eigenvalue weighted by Crippen LogP contribution is -2.65. The van der Waals surface area contributed by atoms with Crippen LogP contribution in [0, 0.1) is 0 Å². The Morgan fingerprint density at radius 1 is 0.780 bits per heavy atom. The molecule has 0 radical (unpaired) electrons. The highest BCUT2D eigenvalue weighted by molar-refractivity contribution is 5.16. The van der Waals surface area contributed by atoms with Crippen molar-refractivity contribution in [1.82, 2.24) is 0 Å². The molecule has 0 saturated carbocycles. The second-order valence-electron chi connectivity index (χ2n) is 11.2. The van der Waals surface area contributed by atoms with E-state index < -0.39 is 37.2 Å². The fraction of sp³-hybridized carbons (Fsp3) is 0.812. The molecule has 0 spiro atoms. The normalized spacial score (nSPS) is 35.7. The smallest absolute Gasteiger partial charge is 0.186 e. The van der Waals surface area contributed by atoms with Gasteiger partial charge in [-0.15, -0.1) is 0 Å². The van der Waals surface area contributed by atoms with Crippen molar-refractivity contribution in [2.75, 3.05) is 33.5 Å². The topological polar surface area (TPSA) is 83.1 Å². The fourth-order valence-electron chi connectivity index (χ4n) is 5.62. The molecule has 41 heavy (non-hydrogen) atoms. The lowest BCUT2D eigenvalue weighted by molar-refractivity contribution is -0.386. The van der Waals surface area contributed by atoms with Crippen molar-refractivity contribution in [2.45, 2.75) is 134 Å². The maximum atomic E-state index is 6.82. The van der Waals surface area contributed by atoms with Gasteiger partial charge < -0.3 is 42.6 Å². The van der Waals surface area contributed by atoms with Crippen LogP contribution in [0.5, 0.6) is 0 Å². The van der Waals surface area contributed by atoms with Gasteiger partial charge in [0.2, 0.25) is 0 Å². The average Bonchev–Trinajstić information content (AvgIpc) is 2.99. The first-order chi connectivity index (χ1) is 20.1. The third kappa shape index (κ3) is 8.94. The van der Waals surface area contributed by atoms with Crippen molar-refractivity contribution in [2.24, 2.45) is 0 Å². The van der Waals surface area contributed by atoms with Gasteiger partial charge in [-0.2, -0.15) is 0 Å². The molecule has 0 N–H and O–H groups in total. The average molecular weight is 581 g/mol. The van der Waals surface area contributed by atoms with Crippen LogP contribution in [0.4, 0.5) is 0 Å². The van der Waals surface area contributed by atoms with E-state index in [-0.39, 0.29) is 24.4 Å². The Labute approximate surface area is 246 Å². The predicted molar refractivity (Wildman–Crippen MR) is 153 cm³/mol. The SMILES string of the molecule is CCCCOC1C(O[C@@H]2C[C@@H](OCCCC)C(OCCCC)C(C)O2)[C@@H]2OC(c3ccccc3)OCC2O[C@@H]1OC. The number of hydrogen-bond acceptors (Lipinski definition) is 9. The van der Waals surface area contributed by atoms with Crippen molar-refractivity contribution in [3.63, 3.8) is 0 Å². The minimum absolute atomic E-state index is 0.131. The number of ether oxygens (including phenoxy) is 9. The van der Waals surface area contributed by atoms with Crippen molar-refractivity contribution < 1.29 is 42.6 Å². The zero-order valence-electron chi connectivity index (χ0n) is 25.6. The molecule has 0 amide bonds. The van der Waals surface area contributed by atoms with Gasteiger partial charge in [0, 0.05) is 38.9 Å². The summed E-state index contributed by atoms with van der Waals surface area (Å²) in [5.41, 5.74) is 0.945. The standard InChI is InChI=1S/C32H52O9/c1-6-9-17-34-24-20-26(38-22(4)27(24)35-18-10-7-2)40-29-28-25(39-32(33-5)30(29)36-19-11-8-3)21-37-31(41-28)23-15-13-12-14-16-23/h12-16,22,24-32H,6-11,17-21H2,1-5H3/t22?,24-,25?,26-,27?,28-,29?,30?,31?,32+/m1/s1. The molecule has 6 unspecified atom stereocenters. The van der Waals surface area contributed by atoms with Crippen LogP contribution in [0.1, 0.15) is 84.5 Å². The Kier molecular flexibility index (Phi) is 13.8. The van der Waals surface area contributed by atoms with Gasteiger partial charge in [-0.05, 0) is 26.2 Å². The number of unbranched alkanes of at least 4 members (excludes halogenated alkanes) is 3. The number of methoxy groups -OCH3 is 1. The maximum absolute atomic E-state index is 6.82. The number of rotatable bonds is 16. The third-order valence-corrected chi connectivity index (χ3v) is 7.96. The van der Waals surface area contributed by atoms with E-state index >= 15 is 0 Å². The molecule has 1 aromatic rings. The molecule has 0 aliphatic carbocycles. The van der Waals surface area contributed by atoms with E-state index in [9.17, 15) is 0 Å². The number of fused-ring (bicyclic) bond motifs is 1. The summed E-state index contributed by atoms with van der Waals surface area (Å²) in [7, 11) is 1.63. The first-order valence-corrected chi connectivity index (χ1v) is 15.7. The highest BCUT2D eigenvalue weighted by atomic mass is 16.8. The summed E-state index contributed by atoms with van der Waals surface area (Å²) in [6.45, 7) is 10.8. The molecule has 9 nitrogen and oxygen atoms in total. The van der Waals surface area contributed by atoms with Crippen molar-refractivity contribution in [1.29, 1.82) is 0 Å². The molecular formula is C32H52O9.